The zero-order valence-corrected chi connectivity index (χ0v) is 17.8. The zero-order chi connectivity index (χ0) is 21.2. The summed E-state index contributed by atoms with van der Waals surface area (Å²) in [5, 5.41) is 6.28. The Labute approximate surface area is 171 Å². The molecule has 0 aromatic heterocycles. The molecule has 1 aromatic rings. The molecule has 8 heteroatoms. The minimum absolute atomic E-state index is 0.0598. The summed E-state index contributed by atoms with van der Waals surface area (Å²) < 4.78 is 15.5. The number of hydrogen-bond acceptors (Lipinski definition) is 6. The molecule has 0 saturated carbocycles. The molecule has 28 heavy (non-hydrogen) atoms. The van der Waals surface area contributed by atoms with Crippen LogP contribution in [0.3, 0.4) is 0 Å². The number of carbonyl (C=O) groups is 2. The number of halogens is 1. The maximum atomic E-state index is 12.0. The second-order valence-corrected chi connectivity index (χ2v) is 7.39. The van der Waals surface area contributed by atoms with Crippen LogP contribution in [0.25, 0.3) is 6.08 Å². The number of methoxy groups -OCH3 is 1. The summed E-state index contributed by atoms with van der Waals surface area (Å²) in [6.07, 6.45) is 1.32. The lowest BCUT2D eigenvalue weighted by Gasteiger charge is -2.20. The minimum Gasteiger partial charge on any atom is -0.496 e. The Bertz CT molecular complexity index is 698. The second-order valence-electron chi connectivity index (χ2n) is 6.95. The number of esters is 1. The smallest absolute Gasteiger partial charge is 0.407 e. The molecule has 0 bridgehead atoms. The molecule has 156 valence electrons. The molecule has 0 aliphatic carbocycles. The van der Waals surface area contributed by atoms with E-state index in [4.69, 9.17) is 25.8 Å². The lowest BCUT2D eigenvalue weighted by Crippen LogP contribution is -2.35. The standard InChI is InChI=1S/C20H29ClN2O5/c1-6-27-18(24)13-22-11-14(12-23-19(25)28-20(2,3)4)9-15-10-16(21)7-8-17(15)26-5/h7-10,22H,6,11-13H2,1-5H3,(H,23,25)/b14-9+. The van der Waals surface area contributed by atoms with Crippen molar-refractivity contribution in [1.82, 2.24) is 10.6 Å². The summed E-state index contributed by atoms with van der Waals surface area (Å²) in [6, 6.07) is 5.26. The molecule has 0 unspecified atom stereocenters. The number of ether oxygens (including phenoxy) is 3. The Kier molecular flexibility index (Phi) is 9.82. The van der Waals surface area contributed by atoms with Crippen LogP contribution >= 0.6 is 11.6 Å². The number of carbonyl (C=O) groups excluding carboxylic acids is 2. The van der Waals surface area contributed by atoms with Gasteiger partial charge in [0.1, 0.15) is 11.4 Å². The first-order chi connectivity index (χ1) is 13.1. The molecule has 2 N–H and O–H groups in total. The van der Waals surface area contributed by atoms with E-state index in [-0.39, 0.29) is 19.1 Å². The van der Waals surface area contributed by atoms with Gasteiger partial charge in [0.15, 0.2) is 0 Å². The topological polar surface area (TPSA) is 85.9 Å². The van der Waals surface area contributed by atoms with Crippen LogP contribution < -0.4 is 15.4 Å². The minimum atomic E-state index is -0.591. The predicted octanol–water partition coefficient (Wildman–Crippen LogP) is 3.41. The average Bonchev–Trinajstić information content (AvgIpc) is 2.58. The maximum Gasteiger partial charge on any atom is 0.407 e. The van der Waals surface area contributed by atoms with Crippen molar-refractivity contribution in [2.24, 2.45) is 0 Å². The van der Waals surface area contributed by atoms with Crippen molar-refractivity contribution in [1.29, 1.82) is 0 Å². The van der Waals surface area contributed by atoms with E-state index in [1.165, 1.54) is 0 Å². The maximum absolute atomic E-state index is 12.0. The molecule has 0 saturated heterocycles. The van der Waals surface area contributed by atoms with Gasteiger partial charge in [0.25, 0.3) is 0 Å². The summed E-state index contributed by atoms with van der Waals surface area (Å²) in [6.45, 7) is 8.08. The van der Waals surface area contributed by atoms with Crippen LogP contribution in [-0.2, 0) is 14.3 Å². The van der Waals surface area contributed by atoms with Crippen LogP contribution in [0.4, 0.5) is 4.79 Å². The lowest BCUT2D eigenvalue weighted by molar-refractivity contribution is -0.141. The van der Waals surface area contributed by atoms with Gasteiger partial charge in [0, 0.05) is 23.7 Å². The molecular weight excluding hydrogens is 384 g/mol. The van der Waals surface area contributed by atoms with Gasteiger partial charge in [0.05, 0.1) is 20.3 Å². The van der Waals surface area contributed by atoms with Crippen LogP contribution in [-0.4, -0.2) is 51.0 Å². The fourth-order valence-electron chi connectivity index (χ4n) is 2.24. The Hall–Kier alpha value is -2.25. The average molecular weight is 413 g/mol. The van der Waals surface area contributed by atoms with Crippen molar-refractivity contribution < 1.29 is 23.8 Å². The number of hydrogen-bond donors (Lipinski definition) is 2. The van der Waals surface area contributed by atoms with E-state index in [9.17, 15) is 9.59 Å². The Morgan fingerprint density at radius 3 is 2.50 bits per heavy atom. The molecule has 1 rings (SSSR count). The first kappa shape index (κ1) is 23.8. The summed E-state index contributed by atoms with van der Waals surface area (Å²) >= 11 is 6.09. The number of alkyl carbamates (subject to hydrolysis) is 1. The van der Waals surface area contributed by atoms with Gasteiger partial charge >= 0.3 is 12.1 Å². The van der Waals surface area contributed by atoms with Crippen molar-refractivity contribution >= 4 is 29.7 Å². The van der Waals surface area contributed by atoms with Gasteiger partial charge in [-0.2, -0.15) is 0 Å². The monoisotopic (exact) mass is 412 g/mol. The van der Waals surface area contributed by atoms with Gasteiger partial charge in [-0.25, -0.2) is 4.79 Å². The van der Waals surface area contributed by atoms with Crippen LogP contribution in [0.15, 0.2) is 23.8 Å². The van der Waals surface area contributed by atoms with Crippen molar-refractivity contribution in [3.8, 4) is 5.75 Å². The number of rotatable bonds is 9. The molecule has 0 aliphatic heterocycles. The molecule has 0 atom stereocenters. The van der Waals surface area contributed by atoms with Gasteiger partial charge in [-0.3, -0.25) is 4.79 Å². The molecule has 1 amide bonds. The van der Waals surface area contributed by atoms with Crippen LogP contribution in [0.1, 0.15) is 33.3 Å². The van der Waals surface area contributed by atoms with E-state index >= 15 is 0 Å². The van der Waals surface area contributed by atoms with Crippen molar-refractivity contribution in [3.05, 3.63) is 34.4 Å². The molecule has 0 aliphatic rings. The fraction of sp³-hybridized carbons (Fsp3) is 0.500. The highest BCUT2D eigenvalue weighted by Crippen LogP contribution is 2.24. The van der Waals surface area contributed by atoms with Crippen molar-refractivity contribution in [3.63, 3.8) is 0 Å². The molecular formula is C20H29ClN2O5. The molecule has 0 fully saturated rings. The normalized spacial score (nSPS) is 11.7. The molecule has 0 spiro atoms. The third kappa shape index (κ3) is 9.62. The molecule has 0 radical (unpaired) electrons. The van der Waals surface area contributed by atoms with Crippen LogP contribution in [0, 0.1) is 0 Å². The number of amides is 1. The zero-order valence-electron chi connectivity index (χ0n) is 17.1. The van der Waals surface area contributed by atoms with Gasteiger partial charge in [-0.05, 0) is 57.5 Å². The van der Waals surface area contributed by atoms with Gasteiger partial charge in [-0.1, -0.05) is 11.6 Å². The van der Waals surface area contributed by atoms with E-state index in [0.717, 1.165) is 11.1 Å². The third-order valence-electron chi connectivity index (χ3n) is 3.34. The van der Waals surface area contributed by atoms with Crippen LogP contribution in [0.5, 0.6) is 5.75 Å². The summed E-state index contributed by atoms with van der Waals surface area (Å²) in [5.41, 5.74) is 0.969. The van der Waals surface area contributed by atoms with Gasteiger partial charge in [0.2, 0.25) is 0 Å². The Balaban J connectivity index is 2.89. The van der Waals surface area contributed by atoms with Crippen molar-refractivity contribution in [2.75, 3.05) is 33.4 Å². The summed E-state index contributed by atoms with van der Waals surface area (Å²) in [5.74, 6) is 0.298. The Morgan fingerprint density at radius 2 is 1.89 bits per heavy atom. The van der Waals surface area contributed by atoms with Crippen molar-refractivity contribution in [2.45, 2.75) is 33.3 Å². The Morgan fingerprint density at radius 1 is 1.18 bits per heavy atom. The molecule has 1 aromatic carbocycles. The van der Waals surface area contributed by atoms with E-state index in [1.807, 2.05) is 6.08 Å². The third-order valence-corrected chi connectivity index (χ3v) is 3.57. The highest BCUT2D eigenvalue weighted by Gasteiger charge is 2.16. The summed E-state index contributed by atoms with van der Waals surface area (Å²) in [7, 11) is 1.57. The van der Waals surface area contributed by atoms with E-state index in [0.29, 0.717) is 23.9 Å². The highest BCUT2D eigenvalue weighted by molar-refractivity contribution is 6.30. The lowest BCUT2D eigenvalue weighted by atomic mass is 10.1. The van der Waals surface area contributed by atoms with Crippen LogP contribution in [0.2, 0.25) is 5.02 Å². The number of benzene rings is 1. The fourth-order valence-corrected chi connectivity index (χ4v) is 2.42. The first-order valence-electron chi connectivity index (χ1n) is 9.00. The predicted molar refractivity (Wildman–Crippen MR) is 110 cm³/mol. The largest absolute Gasteiger partial charge is 0.496 e. The SMILES string of the molecule is CCOC(=O)CNC/C(=C\c1cc(Cl)ccc1OC)CNC(=O)OC(C)(C)C. The van der Waals surface area contributed by atoms with Gasteiger partial charge < -0.3 is 24.8 Å². The van der Waals surface area contributed by atoms with E-state index in [2.05, 4.69) is 10.6 Å². The molecule has 0 heterocycles. The number of nitrogens with one attached hydrogen (secondary N) is 2. The summed E-state index contributed by atoms with van der Waals surface area (Å²) in [4.78, 5) is 23.5. The first-order valence-corrected chi connectivity index (χ1v) is 9.38. The molecule has 7 nitrogen and oxygen atoms in total. The quantitative estimate of drug-likeness (QED) is 0.604. The van der Waals surface area contributed by atoms with E-state index < -0.39 is 11.7 Å². The van der Waals surface area contributed by atoms with E-state index in [1.54, 1.807) is 53.0 Å². The highest BCUT2D eigenvalue weighted by atomic mass is 35.5. The van der Waals surface area contributed by atoms with Gasteiger partial charge in [-0.15, -0.1) is 0 Å². The second kappa shape index (κ2) is 11.6.